The van der Waals surface area contributed by atoms with Gasteiger partial charge in [0.1, 0.15) is 0 Å². The Balaban J connectivity index is 2.07. The number of nitrogens with zero attached hydrogens (tertiary/aromatic N) is 2. The zero-order valence-corrected chi connectivity index (χ0v) is 12.1. The van der Waals surface area contributed by atoms with Gasteiger partial charge in [0, 0.05) is 37.7 Å². The molecule has 2 rings (SSSR count). The van der Waals surface area contributed by atoms with Crippen molar-refractivity contribution in [2.24, 2.45) is 0 Å². The third-order valence-corrected chi connectivity index (χ3v) is 5.36. The SMILES string of the molecule is O=S(=O)(c1ccc(Cl)cc1)N1CCN(CCO)CC1. The number of β-amino-alcohol motifs (C(OH)–C–C–N with tert-alkyl or cyclic N) is 1. The van der Waals surface area contributed by atoms with E-state index in [1.54, 1.807) is 12.1 Å². The summed E-state index contributed by atoms with van der Waals surface area (Å²) in [5, 5.41) is 9.38. The molecule has 0 unspecified atom stereocenters. The fraction of sp³-hybridized carbons (Fsp3) is 0.500. The Labute approximate surface area is 118 Å². The van der Waals surface area contributed by atoms with Crippen molar-refractivity contribution < 1.29 is 13.5 Å². The number of aliphatic hydroxyl groups is 1. The topological polar surface area (TPSA) is 60.9 Å². The predicted octanol–water partition coefficient (Wildman–Crippen LogP) is 0.639. The van der Waals surface area contributed by atoms with Crippen LogP contribution in [0.1, 0.15) is 0 Å². The van der Waals surface area contributed by atoms with Crippen LogP contribution in [-0.4, -0.2) is 62.1 Å². The monoisotopic (exact) mass is 304 g/mol. The fourth-order valence-electron chi connectivity index (χ4n) is 2.09. The van der Waals surface area contributed by atoms with E-state index in [9.17, 15) is 8.42 Å². The average Bonchev–Trinajstić information content (AvgIpc) is 2.40. The molecule has 7 heteroatoms. The smallest absolute Gasteiger partial charge is 0.243 e. The first-order valence-corrected chi connectivity index (χ1v) is 7.95. The minimum atomic E-state index is -3.43. The van der Waals surface area contributed by atoms with E-state index in [2.05, 4.69) is 0 Å². The lowest BCUT2D eigenvalue weighted by Gasteiger charge is -2.33. The summed E-state index contributed by atoms with van der Waals surface area (Å²) >= 11 is 5.76. The van der Waals surface area contributed by atoms with Crippen molar-refractivity contribution in [1.82, 2.24) is 9.21 Å². The average molecular weight is 305 g/mol. The van der Waals surface area contributed by atoms with E-state index >= 15 is 0 Å². The van der Waals surface area contributed by atoms with Crippen LogP contribution in [0, 0.1) is 0 Å². The first-order valence-electron chi connectivity index (χ1n) is 6.13. The minimum Gasteiger partial charge on any atom is -0.395 e. The third-order valence-electron chi connectivity index (χ3n) is 3.20. The van der Waals surface area contributed by atoms with Crippen molar-refractivity contribution in [2.45, 2.75) is 4.90 Å². The Morgan fingerprint density at radius 2 is 1.68 bits per heavy atom. The summed E-state index contributed by atoms with van der Waals surface area (Å²) in [6.45, 7) is 2.88. The number of aliphatic hydroxyl groups excluding tert-OH is 1. The Morgan fingerprint density at radius 3 is 2.21 bits per heavy atom. The second-order valence-electron chi connectivity index (χ2n) is 4.42. The predicted molar refractivity (Wildman–Crippen MR) is 73.7 cm³/mol. The third kappa shape index (κ3) is 3.46. The highest BCUT2D eigenvalue weighted by Gasteiger charge is 2.28. The lowest BCUT2D eigenvalue weighted by molar-refractivity contribution is 0.151. The molecule has 1 N–H and O–H groups in total. The van der Waals surface area contributed by atoms with Crippen molar-refractivity contribution in [2.75, 3.05) is 39.3 Å². The van der Waals surface area contributed by atoms with Crippen LogP contribution in [0.25, 0.3) is 0 Å². The molecule has 0 aromatic heterocycles. The Bertz CT molecular complexity index is 510. The van der Waals surface area contributed by atoms with Gasteiger partial charge >= 0.3 is 0 Å². The molecule has 106 valence electrons. The van der Waals surface area contributed by atoms with Gasteiger partial charge in [-0.25, -0.2) is 8.42 Å². The molecule has 5 nitrogen and oxygen atoms in total. The van der Waals surface area contributed by atoms with E-state index in [1.165, 1.54) is 16.4 Å². The first kappa shape index (κ1) is 14.7. The Hall–Kier alpha value is -0.660. The number of halogens is 1. The summed E-state index contributed by atoms with van der Waals surface area (Å²) in [6.07, 6.45) is 0. The van der Waals surface area contributed by atoms with Crippen molar-refractivity contribution in [3.05, 3.63) is 29.3 Å². The number of sulfonamides is 1. The molecule has 0 radical (unpaired) electrons. The molecule has 19 heavy (non-hydrogen) atoms. The van der Waals surface area contributed by atoms with E-state index in [4.69, 9.17) is 16.7 Å². The highest BCUT2D eigenvalue weighted by Crippen LogP contribution is 2.19. The summed E-state index contributed by atoms with van der Waals surface area (Å²) in [7, 11) is -3.43. The number of benzene rings is 1. The van der Waals surface area contributed by atoms with Crippen molar-refractivity contribution in [3.63, 3.8) is 0 Å². The molecule has 0 saturated carbocycles. The quantitative estimate of drug-likeness (QED) is 0.887. The minimum absolute atomic E-state index is 0.101. The molecule has 1 fully saturated rings. The number of hydrogen-bond acceptors (Lipinski definition) is 4. The summed E-state index contributed by atoms with van der Waals surface area (Å²) in [5.41, 5.74) is 0. The molecule has 1 heterocycles. The van der Waals surface area contributed by atoms with Crippen LogP contribution in [0.2, 0.25) is 5.02 Å². The molecule has 0 aliphatic carbocycles. The Kier molecular flexibility index (Phi) is 4.81. The first-order chi connectivity index (χ1) is 9.04. The van der Waals surface area contributed by atoms with Crippen LogP contribution in [0.15, 0.2) is 29.2 Å². The molecule has 0 spiro atoms. The highest BCUT2D eigenvalue weighted by atomic mass is 35.5. The fourth-order valence-corrected chi connectivity index (χ4v) is 3.64. The van der Waals surface area contributed by atoms with Gasteiger partial charge in [-0.15, -0.1) is 0 Å². The van der Waals surface area contributed by atoms with E-state index in [0.29, 0.717) is 37.7 Å². The maximum atomic E-state index is 12.4. The molecule has 0 bridgehead atoms. The summed E-state index contributed by atoms with van der Waals surface area (Å²) < 4.78 is 26.2. The second kappa shape index (κ2) is 6.19. The van der Waals surface area contributed by atoms with Gasteiger partial charge in [0.15, 0.2) is 0 Å². The van der Waals surface area contributed by atoms with Gasteiger partial charge in [-0.05, 0) is 24.3 Å². The lowest BCUT2D eigenvalue weighted by atomic mass is 10.4. The summed E-state index contributed by atoms with van der Waals surface area (Å²) in [5.74, 6) is 0. The zero-order chi connectivity index (χ0) is 13.9. The molecule has 1 aliphatic heterocycles. The van der Waals surface area contributed by atoms with Crippen molar-refractivity contribution in [3.8, 4) is 0 Å². The van der Waals surface area contributed by atoms with Gasteiger partial charge in [0.05, 0.1) is 11.5 Å². The maximum Gasteiger partial charge on any atom is 0.243 e. The van der Waals surface area contributed by atoms with Crippen LogP contribution in [0.5, 0.6) is 0 Å². The second-order valence-corrected chi connectivity index (χ2v) is 6.80. The van der Waals surface area contributed by atoms with E-state index in [0.717, 1.165) is 0 Å². The lowest BCUT2D eigenvalue weighted by Crippen LogP contribution is -2.49. The molecule has 1 aromatic rings. The van der Waals surface area contributed by atoms with Crippen LogP contribution in [-0.2, 0) is 10.0 Å². The van der Waals surface area contributed by atoms with Gasteiger partial charge in [0.2, 0.25) is 10.0 Å². The number of piperazine rings is 1. The summed E-state index contributed by atoms with van der Waals surface area (Å²) in [6, 6.07) is 6.21. The van der Waals surface area contributed by atoms with Crippen LogP contribution in [0.3, 0.4) is 0 Å². The molecule has 1 saturated heterocycles. The van der Waals surface area contributed by atoms with E-state index in [-0.39, 0.29) is 11.5 Å². The molecular formula is C12H17ClN2O3S. The van der Waals surface area contributed by atoms with Gasteiger partial charge in [-0.3, -0.25) is 4.90 Å². The van der Waals surface area contributed by atoms with Crippen LogP contribution >= 0.6 is 11.6 Å². The summed E-state index contributed by atoms with van der Waals surface area (Å²) in [4.78, 5) is 2.32. The largest absolute Gasteiger partial charge is 0.395 e. The molecule has 1 aliphatic rings. The normalized spacial score (nSPS) is 18.6. The van der Waals surface area contributed by atoms with Gasteiger partial charge in [0.25, 0.3) is 0 Å². The zero-order valence-electron chi connectivity index (χ0n) is 10.5. The van der Waals surface area contributed by atoms with Crippen LogP contribution < -0.4 is 0 Å². The van der Waals surface area contributed by atoms with Crippen molar-refractivity contribution in [1.29, 1.82) is 0 Å². The molecule has 0 amide bonds. The van der Waals surface area contributed by atoms with Gasteiger partial charge < -0.3 is 5.11 Å². The highest BCUT2D eigenvalue weighted by molar-refractivity contribution is 7.89. The van der Waals surface area contributed by atoms with Crippen molar-refractivity contribution >= 4 is 21.6 Å². The maximum absolute atomic E-state index is 12.4. The standard InChI is InChI=1S/C12H17ClN2O3S/c13-11-1-3-12(4-2-11)19(17,18)15-7-5-14(6-8-15)9-10-16/h1-4,16H,5-10H2. The molecular weight excluding hydrogens is 288 g/mol. The Morgan fingerprint density at radius 1 is 1.11 bits per heavy atom. The molecule has 0 atom stereocenters. The number of rotatable bonds is 4. The van der Waals surface area contributed by atoms with E-state index in [1.807, 2.05) is 4.90 Å². The van der Waals surface area contributed by atoms with Crippen LogP contribution in [0.4, 0.5) is 0 Å². The van der Waals surface area contributed by atoms with Gasteiger partial charge in [-0.1, -0.05) is 11.6 Å². The van der Waals surface area contributed by atoms with Gasteiger partial charge in [-0.2, -0.15) is 4.31 Å². The molecule has 1 aromatic carbocycles. The van der Waals surface area contributed by atoms with E-state index < -0.39 is 10.0 Å². The number of hydrogen-bond donors (Lipinski definition) is 1.